The van der Waals surface area contributed by atoms with Gasteiger partial charge >= 0.3 is 0 Å². The van der Waals surface area contributed by atoms with Crippen LogP contribution in [0.25, 0.3) is 0 Å². The highest BCUT2D eigenvalue weighted by Crippen LogP contribution is 2.20. The van der Waals surface area contributed by atoms with Gasteiger partial charge in [0.1, 0.15) is 6.54 Å². The van der Waals surface area contributed by atoms with Crippen molar-refractivity contribution in [3.63, 3.8) is 0 Å². The average Bonchev–Trinajstić information content (AvgIpc) is 2.85. The molecule has 1 aromatic heterocycles. The number of hydrogen-bond acceptors (Lipinski definition) is 3. The fourth-order valence-electron chi connectivity index (χ4n) is 2.27. The van der Waals surface area contributed by atoms with E-state index in [1.54, 1.807) is 23.3 Å². The normalized spacial score (nSPS) is 16.4. The Morgan fingerprint density at radius 1 is 1.50 bits per heavy atom. The van der Waals surface area contributed by atoms with Crippen LogP contribution in [0.15, 0.2) is 12.1 Å². The maximum atomic E-state index is 5.97. The second kappa shape index (κ2) is 8.14. The van der Waals surface area contributed by atoms with Crippen molar-refractivity contribution in [1.29, 1.82) is 0 Å². The highest BCUT2D eigenvalue weighted by molar-refractivity contribution is 7.80. The van der Waals surface area contributed by atoms with E-state index in [0.29, 0.717) is 6.61 Å². The van der Waals surface area contributed by atoms with Gasteiger partial charge in [-0.05, 0) is 24.4 Å². The lowest BCUT2D eigenvalue weighted by atomic mass is 10.3. The van der Waals surface area contributed by atoms with Gasteiger partial charge in [-0.3, -0.25) is 0 Å². The Balaban J connectivity index is 1.70. The molecular formula is C13H21ClN3OS2+. The molecule has 1 aromatic rings. The van der Waals surface area contributed by atoms with E-state index in [1.165, 1.54) is 4.88 Å². The number of ether oxygens (including phenoxy) is 1. The van der Waals surface area contributed by atoms with Gasteiger partial charge < -0.3 is 19.9 Å². The summed E-state index contributed by atoms with van der Waals surface area (Å²) in [7, 11) is 1.70. The molecule has 0 aromatic carbocycles. The van der Waals surface area contributed by atoms with Crippen molar-refractivity contribution in [2.24, 2.45) is 0 Å². The van der Waals surface area contributed by atoms with Crippen molar-refractivity contribution in [1.82, 2.24) is 10.2 Å². The Kier molecular flexibility index (Phi) is 6.51. The number of hydrogen-bond donors (Lipinski definition) is 2. The molecule has 7 heteroatoms. The minimum atomic E-state index is 0.685. The third-order valence-corrected chi connectivity index (χ3v) is 5.03. The smallest absolute Gasteiger partial charge is 0.169 e. The maximum Gasteiger partial charge on any atom is 0.169 e. The molecule has 0 radical (unpaired) electrons. The third-order valence-electron chi connectivity index (χ3n) is 3.39. The Hall–Kier alpha value is -0.400. The van der Waals surface area contributed by atoms with Gasteiger partial charge in [0.05, 0.1) is 42.0 Å². The molecule has 1 aliphatic rings. The van der Waals surface area contributed by atoms with Crippen molar-refractivity contribution in [2.75, 3.05) is 46.4 Å². The molecule has 0 aliphatic carbocycles. The lowest BCUT2D eigenvalue weighted by Gasteiger charge is -2.33. The summed E-state index contributed by atoms with van der Waals surface area (Å²) in [5, 5.41) is 4.08. The lowest BCUT2D eigenvalue weighted by Crippen LogP contribution is -3.13. The largest absolute Gasteiger partial charge is 0.383 e. The summed E-state index contributed by atoms with van der Waals surface area (Å²) in [6.45, 7) is 6.76. The highest BCUT2D eigenvalue weighted by Gasteiger charge is 2.22. The maximum absolute atomic E-state index is 5.97. The predicted molar refractivity (Wildman–Crippen MR) is 87.8 cm³/mol. The molecule has 0 unspecified atom stereocenters. The van der Waals surface area contributed by atoms with Gasteiger partial charge in [0.25, 0.3) is 0 Å². The van der Waals surface area contributed by atoms with E-state index in [-0.39, 0.29) is 0 Å². The lowest BCUT2D eigenvalue weighted by molar-refractivity contribution is -0.917. The first-order chi connectivity index (χ1) is 9.69. The first-order valence-corrected chi connectivity index (χ1v) is 8.39. The molecule has 1 saturated heterocycles. The van der Waals surface area contributed by atoms with Crippen LogP contribution in [-0.4, -0.2) is 56.5 Å². The third kappa shape index (κ3) is 4.86. The number of methoxy groups -OCH3 is 1. The van der Waals surface area contributed by atoms with Crippen molar-refractivity contribution in [3.8, 4) is 0 Å². The van der Waals surface area contributed by atoms with Crippen molar-refractivity contribution in [2.45, 2.75) is 6.54 Å². The van der Waals surface area contributed by atoms with Crippen LogP contribution in [-0.2, 0) is 11.3 Å². The summed E-state index contributed by atoms with van der Waals surface area (Å²) in [5.74, 6) is 0. The van der Waals surface area contributed by atoms with E-state index in [2.05, 4.69) is 16.3 Å². The zero-order valence-electron chi connectivity index (χ0n) is 11.7. The fraction of sp³-hybridized carbons (Fsp3) is 0.615. The number of rotatable bonds is 5. The van der Waals surface area contributed by atoms with E-state index in [0.717, 1.165) is 48.7 Å². The monoisotopic (exact) mass is 334 g/mol. The summed E-state index contributed by atoms with van der Waals surface area (Å²) in [4.78, 5) is 5.20. The minimum Gasteiger partial charge on any atom is -0.383 e. The summed E-state index contributed by atoms with van der Waals surface area (Å²) in [5.41, 5.74) is 0. The number of nitrogens with zero attached hydrogens (tertiary/aromatic N) is 1. The van der Waals surface area contributed by atoms with Crippen LogP contribution < -0.4 is 10.2 Å². The number of halogens is 1. The highest BCUT2D eigenvalue weighted by atomic mass is 35.5. The summed E-state index contributed by atoms with van der Waals surface area (Å²) >= 11 is 13.0. The Labute approximate surface area is 134 Å². The number of thiophene rings is 1. The van der Waals surface area contributed by atoms with Gasteiger partial charge in [-0.1, -0.05) is 11.6 Å². The van der Waals surface area contributed by atoms with Crippen LogP contribution >= 0.6 is 35.2 Å². The average molecular weight is 335 g/mol. The van der Waals surface area contributed by atoms with E-state index in [4.69, 9.17) is 28.6 Å². The first-order valence-electron chi connectivity index (χ1n) is 6.78. The second-order valence-corrected chi connectivity index (χ2v) is 7.03. The SMILES string of the molecule is COCCNC(=S)N1CC[NH+](Cc2ccc(Cl)s2)CC1. The molecule has 2 N–H and O–H groups in total. The molecule has 0 amide bonds. The van der Waals surface area contributed by atoms with Gasteiger partial charge in [-0.2, -0.15) is 0 Å². The topological polar surface area (TPSA) is 28.9 Å². The van der Waals surface area contributed by atoms with Gasteiger partial charge in [0.15, 0.2) is 5.11 Å². The van der Waals surface area contributed by atoms with Gasteiger partial charge in [0, 0.05) is 13.7 Å². The van der Waals surface area contributed by atoms with Crippen molar-refractivity contribution in [3.05, 3.63) is 21.3 Å². The molecule has 0 spiro atoms. The molecule has 2 heterocycles. The molecule has 112 valence electrons. The van der Waals surface area contributed by atoms with Crippen LogP contribution in [0, 0.1) is 0 Å². The predicted octanol–water partition coefficient (Wildman–Crippen LogP) is 0.623. The van der Waals surface area contributed by atoms with Crippen LogP contribution in [0.1, 0.15) is 4.88 Å². The molecule has 2 rings (SSSR count). The summed E-state index contributed by atoms with van der Waals surface area (Å²) < 4.78 is 5.89. The van der Waals surface area contributed by atoms with E-state index < -0.39 is 0 Å². The Morgan fingerprint density at radius 2 is 2.25 bits per heavy atom. The van der Waals surface area contributed by atoms with Crippen LogP contribution in [0.5, 0.6) is 0 Å². The molecule has 4 nitrogen and oxygen atoms in total. The van der Waals surface area contributed by atoms with Crippen LogP contribution in [0.2, 0.25) is 4.34 Å². The molecule has 0 bridgehead atoms. The first kappa shape index (κ1) is 16.0. The molecule has 0 saturated carbocycles. The molecule has 1 aliphatic heterocycles. The second-order valence-electron chi connectivity index (χ2n) is 4.84. The fourth-order valence-corrected chi connectivity index (χ4v) is 3.71. The van der Waals surface area contributed by atoms with Crippen LogP contribution in [0.4, 0.5) is 0 Å². The quantitative estimate of drug-likeness (QED) is 0.610. The summed E-state index contributed by atoms with van der Waals surface area (Å²) in [6.07, 6.45) is 0. The summed E-state index contributed by atoms with van der Waals surface area (Å²) in [6, 6.07) is 4.11. The van der Waals surface area contributed by atoms with E-state index >= 15 is 0 Å². The standard InChI is InChI=1S/C13H20ClN3OS2/c1-18-9-4-15-13(19)17-7-5-16(6-8-17)10-11-2-3-12(14)20-11/h2-3H,4-10H2,1H3,(H,15,19)/p+1. The number of quaternary nitrogens is 1. The van der Waals surface area contributed by atoms with Crippen molar-refractivity contribution >= 4 is 40.3 Å². The number of nitrogens with one attached hydrogen (secondary N) is 2. The van der Waals surface area contributed by atoms with Gasteiger partial charge in [-0.25, -0.2) is 0 Å². The van der Waals surface area contributed by atoms with E-state index in [1.807, 2.05) is 6.07 Å². The molecular weight excluding hydrogens is 314 g/mol. The molecule has 0 atom stereocenters. The zero-order valence-corrected chi connectivity index (χ0v) is 14.0. The Morgan fingerprint density at radius 3 is 2.85 bits per heavy atom. The van der Waals surface area contributed by atoms with E-state index in [9.17, 15) is 0 Å². The minimum absolute atomic E-state index is 0.685. The molecule has 1 fully saturated rings. The number of piperazine rings is 1. The van der Waals surface area contributed by atoms with Crippen molar-refractivity contribution < 1.29 is 9.64 Å². The Bertz CT molecular complexity index is 433. The van der Waals surface area contributed by atoms with Gasteiger partial charge in [0.2, 0.25) is 0 Å². The van der Waals surface area contributed by atoms with Gasteiger partial charge in [-0.15, -0.1) is 11.3 Å². The molecule has 20 heavy (non-hydrogen) atoms. The van der Waals surface area contributed by atoms with Crippen LogP contribution in [0.3, 0.4) is 0 Å². The number of thiocarbonyl (C=S) groups is 1. The zero-order chi connectivity index (χ0) is 14.4.